The van der Waals surface area contributed by atoms with Gasteiger partial charge in [-0.3, -0.25) is 0 Å². The number of rotatable bonds is 4. The van der Waals surface area contributed by atoms with Crippen LogP contribution in [-0.4, -0.2) is 42.8 Å². The van der Waals surface area contributed by atoms with Crippen molar-refractivity contribution in [3.63, 3.8) is 0 Å². The van der Waals surface area contributed by atoms with Gasteiger partial charge >= 0.3 is 0 Å². The van der Waals surface area contributed by atoms with Gasteiger partial charge in [0.2, 0.25) is 10.0 Å². The largest absolute Gasteiger partial charge is 0.392 e. The lowest BCUT2D eigenvalue weighted by atomic mass is 10.4. The van der Waals surface area contributed by atoms with Gasteiger partial charge < -0.3 is 5.11 Å². The first-order valence-corrected chi connectivity index (χ1v) is 6.58. The molecule has 1 aliphatic carbocycles. The van der Waals surface area contributed by atoms with Crippen LogP contribution < -0.4 is 0 Å². The highest BCUT2D eigenvalue weighted by Crippen LogP contribution is 2.26. The summed E-state index contributed by atoms with van der Waals surface area (Å²) in [4.78, 5) is 0. The Labute approximate surface area is 86.0 Å². The van der Waals surface area contributed by atoms with E-state index < -0.39 is 16.1 Å². The summed E-state index contributed by atoms with van der Waals surface area (Å²) in [5, 5.41) is 8.91. The van der Waals surface area contributed by atoms with Gasteiger partial charge in [-0.2, -0.15) is 0 Å². The van der Waals surface area contributed by atoms with Gasteiger partial charge in [-0.15, -0.1) is 0 Å². The maximum atomic E-state index is 11.9. The molecule has 0 aromatic carbocycles. The zero-order valence-corrected chi connectivity index (χ0v) is 9.63. The van der Waals surface area contributed by atoms with Gasteiger partial charge in [-0.25, -0.2) is 12.7 Å². The first-order valence-electron chi connectivity index (χ1n) is 5.08. The average molecular weight is 221 g/mol. The van der Waals surface area contributed by atoms with Crippen LogP contribution in [0.1, 0.15) is 32.6 Å². The third-order valence-corrected chi connectivity index (χ3v) is 5.01. The average Bonchev–Trinajstić information content (AvgIpc) is 2.54. The molecule has 0 amide bonds. The number of hydrogen-bond acceptors (Lipinski definition) is 3. The zero-order chi connectivity index (χ0) is 10.8. The molecular weight excluding hydrogens is 202 g/mol. The van der Waals surface area contributed by atoms with Crippen LogP contribution in [-0.2, 0) is 10.0 Å². The summed E-state index contributed by atoms with van der Waals surface area (Å²) < 4.78 is 25.1. The third kappa shape index (κ3) is 2.68. The molecule has 0 aromatic rings. The minimum absolute atomic E-state index is 0.193. The van der Waals surface area contributed by atoms with Crippen molar-refractivity contribution in [1.82, 2.24) is 4.31 Å². The monoisotopic (exact) mass is 221 g/mol. The Morgan fingerprint density at radius 1 is 1.43 bits per heavy atom. The van der Waals surface area contributed by atoms with Crippen LogP contribution in [0.15, 0.2) is 0 Å². The van der Waals surface area contributed by atoms with E-state index in [0.717, 1.165) is 25.7 Å². The number of aliphatic hydroxyl groups is 1. The summed E-state index contributed by atoms with van der Waals surface area (Å²) in [6, 6.07) is 0. The molecule has 0 aromatic heterocycles. The van der Waals surface area contributed by atoms with E-state index in [0.29, 0.717) is 0 Å². The Kier molecular flexibility index (Phi) is 3.92. The topological polar surface area (TPSA) is 57.6 Å². The summed E-state index contributed by atoms with van der Waals surface area (Å²) in [6.45, 7) is 1.79. The number of aliphatic hydroxyl groups excluding tert-OH is 1. The smallest absolute Gasteiger partial charge is 0.216 e. The van der Waals surface area contributed by atoms with Gasteiger partial charge in [0, 0.05) is 13.6 Å². The molecule has 14 heavy (non-hydrogen) atoms. The van der Waals surface area contributed by atoms with Crippen molar-refractivity contribution in [3.8, 4) is 0 Å². The van der Waals surface area contributed by atoms with E-state index in [1.54, 1.807) is 14.0 Å². The van der Waals surface area contributed by atoms with Gasteiger partial charge in [0.25, 0.3) is 0 Å². The minimum atomic E-state index is -3.16. The van der Waals surface area contributed by atoms with Crippen LogP contribution in [0.5, 0.6) is 0 Å². The van der Waals surface area contributed by atoms with Crippen LogP contribution in [0, 0.1) is 0 Å². The Hall–Kier alpha value is -0.130. The fourth-order valence-electron chi connectivity index (χ4n) is 1.92. The van der Waals surface area contributed by atoms with Crippen LogP contribution in [0.25, 0.3) is 0 Å². The molecule has 4 nitrogen and oxygen atoms in total. The second kappa shape index (κ2) is 4.59. The van der Waals surface area contributed by atoms with Crippen LogP contribution in [0.3, 0.4) is 0 Å². The molecule has 1 N–H and O–H groups in total. The summed E-state index contributed by atoms with van der Waals surface area (Å²) in [7, 11) is -1.62. The van der Waals surface area contributed by atoms with Gasteiger partial charge in [-0.1, -0.05) is 12.8 Å². The number of nitrogens with zero attached hydrogens (tertiary/aromatic N) is 1. The second-order valence-corrected chi connectivity index (χ2v) is 6.40. The van der Waals surface area contributed by atoms with Gasteiger partial charge in [-0.05, 0) is 19.8 Å². The minimum Gasteiger partial charge on any atom is -0.392 e. The lowest BCUT2D eigenvalue weighted by Crippen LogP contribution is -2.38. The van der Waals surface area contributed by atoms with E-state index >= 15 is 0 Å². The standard InChI is InChI=1S/C9H19NO3S/c1-8(11)7-10(2)14(12,13)9-5-3-4-6-9/h8-9,11H,3-7H2,1-2H3. The predicted octanol–water partition coefficient (Wildman–Crippen LogP) is 0.571. The second-order valence-electron chi connectivity index (χ2n) is 4.08. The molecule has 1 unspecified atom stereocenters. The van der Waals surface area contributed by atoms with E-state index in [1.165, 1.54) is 4.31 Å². The molecule has 1 fully saturated rings. The lowest BCUT2D eigenvalue weighted by Gasteiger charge is -2.22. The third-order valence-electron chi connectivity index (χ3n) is 2.68. The van der Waals surface area contributed by atoms with E-state index in [4.69, 9.17) is 5.11 Å². The van der Waals surface area contributed by atoms with Crippen LogP contribution in [0.2, 0.25) is 0 Å². The highest BCUT2D eigenvalue weighted by Gasteiger charge is 2.32. The molecule has 5 heteroatoms. The van der Waals surface area contributed by atoms with Crippen molar-refractivity contribution in [2.24, 2.45) is 0 Å². The molecule has 0 radical (unpaired) electrons. The number of sulfonamides is 1. The Balaban J connectivity index is 2.63. The molecule has 0 heterocycles. The van der Waals surface area contributed by atoms with Crippen molar-refractivity contribution >= 4 is 10.0 Å². The molecule has 0 spiro atoms. The zero-order valence-electron chi connectivity index (χ0n) is 8.81. The van der Waals surface area contributed by atoms with Crippen molar-refractivity contribution < 1.29 is 13.5 Å². The van der Waals surface area contributed by atoms with E-state index in [2.05, 4.69) is 0 Å². The fourth-order valence-corrected chi connectivity index (χ4v) is 3.78. The molecule has 0 saturated heterocycles. The van der Waals surface area contributed by atoms with Crippen molar-refractivity contribution in [2.75, 3.05) is 13.6 Å². The molecule has 0 aliphatic heterocycles. The fraction of sp³-hybridized carbons (Fsp3) is 1.00. The van der Waals surface area contributed by atoms with Crippen LogP contribution >= 0.6 is 0 Å². The van der Waals surface area contributed by atoms with Crippen molar-refractivity contribution in [2.45, 2.75) is 44.0 Å². The highest BCUT2D eigenvalue weighted by molar-refractivity contribution is 7.89. The van der Waals surface area contributed by atoms with Gasteiger partial charge in [0.05, 0.1) is 11.4 Å². The van der Waals surface area contributed by atoms with Crippen molar-refractivity contribution in [3.05, 3.63) is 0 Å². The lowest BCUT2D eigenvalue weighted by molar-refractivity contribution is 0.170. The molecule has 84 valence electrons. The Bertz CT molecular complexity index is 268. The number of hydrogen-bond donors (Lipinski definition) is 1. The first kappa shape index (κ1) is 11.9. The summed E-state index contributed by atoms with van der Waals surface area (Å²) in [5.41, 5.74) is 0. The van der Waals surface area contributed by atoms with Crippen molar-refractivity contribution in [1.29, 1.82) is 0 Å². The summed E-state index contributed by atoms with van der Waals surface area (Å²) in [5.74, 6) is 0. The Morgan fingerprint density at radius 3 is 2.36 bits per heavy atom. The van der Waals surface area contributed by atoms with Gasteiger partial charge in [0.15, 0.2) is 0 Å². The summed E-state index contributed by atoms with van der Waals surface area (Å²) >= 11 is 0. The first-order chi connectivity index (χ1) is 6.44. The SMILES string of the molecule is CC(O)CN(C)S(=O)(=O)C1CCCC1. The molecule has 1 saturated carbocycles. The van der Waals surface area contributed by atoms with Crippen LogP contribution in [0.4, 0.5) is 0 Å². The normalized spacial score (nSPS) is 21.7. The summed E-state index contributed by atoms with van der Waals surface area (Å²) in [6.07, 6.45) is 2.95. The van der Waals surface area contributed by atoms with Gasteiger partial charge in [0.1, 0.15) is 0 Å². The van der Waals surface area contributed by atoms with E-state index in [1.807, 2.05) is 0 Å². The highest BCUT2D eigenvalue weighted by atomic mass is 32.2. The maximum absolute atomic E-state index is 11.9. The molecular formula is C9H19NO3S. The molecule has 1 aliphatic rings. The Morgan fingerprint density at radius 2 is 1.93 bits per heavy atom. The van der Waals surface area contributed by atoms with E-state index in [-0.39, 0.29) is 11.8 Å². The molecule has 0 bridgehead atoms. The quantitative estimate of drug-likeness (QED) is 0.755. The number of likely N-dealkylation sites (N-methyl/N-ethyl adjacent to an activating group) is 1. The predicted molar refractivity (Wildman–Crippen MR) is 55.5 cm³/mol. The maximum Gasteiger partial charge on any atom is 0.216 e. The van der Waals surface area contributed by atoms with E-state index in [9.17, 15) is 8.42 Å². The molecule has 1 atom stereocenters. The molecule has 1 rings (SSSR count).